The Morgan fingerprint density at radius 2 is 1.88 bits per heavy atom. The van der Waals surface area contributed by atoms with Crippen LogP contribution in [0.15, 0.2) is 0 Å². The first-order valence-corrected chi connectivity index (χ1v) is 6.38. The summed E-state index contributed by atoms with van der Waals surface area (Å²) in [4.78, 5) is 11.1. The van der Waals surface area contributed by atoms with Crippen LogP contribution in [-0.2, 0) is 9.53 Å². The Bertz CT molecular complexity index is 285. The molecule has 0 amide bonds. The number of fused-ring (bicyclic) bond motifs is 1. The highest BCUT2D eigenvalue weighted by Crippen LogP contribution is 2.53. The molecular weight excluding hydrogens is 204 g/mol. The van der Waals surface area contributed by atoms with E-state index in [2.05, 4.69) is 6.92 Å². The van der Waals surface area contributed by atoms with Crippen molar-refractivity contribution in [1.82, 2.24) is 0 Å². The first kappa shape index (κ1) is 11.9. The zero-order valence-electron chi connectivity index (χ0n) is 10.3. The van der Waals surface area contributed by atoms with Crippen LogP contribution in [0.2, 0.25) is 0 Å². The van der Waals surface area contributed by atoms with Crippen molar-refractivity contribution in [3.63, 3.8) is 0 Å². The second-order valence-electron chi connectivity index (χ2n) is 5.68. The van der Waals surface area contributed by atoms with Gasteiger partial charge in [0.2, 0.25) is 0 Å². The Kier molecular flexibility index (Phi) is 2.99. The van der Waals surface area contributed by atoms with Crippen LogP contribution >= 0.6 is 0 Å². The molecule has 2 rings (SSSR count). The molecule has 0 aromatic rings. The maximum atomic E-state index is 11.1. The van der Waals surface area contributed by atoms with Gasteiger partial charge in [0.05, 0.1) is 0 Å². The van der Waals surface area contributed by atoms with E-state index in [0.717, 1.165) is 38.5 Å². The summed E-state index contributed by atoms with van der Waals surface area (Å²) in [5, 5.41) is 10.9. The lowest BCUT2D eigenvalue weighted by Gasteiger charge is -2.54. The lowest BCUT2D eigenvalue weighted by molar-refractivity contribution is -0.213. The van der Waals surface area contributed by atoms with Crippen molar-refractivity contribution >= 4 is 5.97 Å². The highest BCUT2D eigenvalue weighted by atomic mass is 16.6. The Labute approximate surface area is 97.2 Å². The van der Waals surface area contributed by atoms with Crippen molar-refractivity contribution in [2.45, 2.75) is 70.5 Å². The summed E-state index contributed by atoms with van der Waals surface area (Å²) in [7, 11) is 0. The molecule has 3 atom stereocenters. The quantitative estimate of drug-likeness (QED) is 0.698. The van der Waals surface area contributed by atoms with Gasteiger partial charge >= 0.3 is 5.97 Å². The molecule has 2 saturated carbocycles. The summed E-state index contributed by atoms with van der Waals surface area (Å²) in [5.74, 6) is -0.270. The summed E-state index contributed by atoms with van der Waals surface area (Å²) in [6.45, 7) is 3.58. The molecule has 0 bridgehead atoms. The van der Waals surface area contributed by atoms with Crippen LogP contribution in [0.3, 0.4) is 0 Å². The molecule has 3 nitrogen and oxygen atoms in total. The largest absolute Gasteiger partial charge is 0.459 e. The number of aliphatic hydroxyl groups is 1. The molecular formula is C13H22O3. The van der Waals surface area contributed by atoms with Crippen LogP contribution < -0.4 is 0 Å². The van der Waals surface area contributed by atoms with Gasteiger partial charge in [0.25, 0.3) is 0 Å². The Balaban J connectivity index is 2.22. The lowest BCUT2D eigenvalue weighted by Crippen LogP contribution is -2.60. The normalized spacial score (nSPS) is 43.6. The molecule has 2 aliphatic rings. The highest BCUT2D eigenvalue weighted by molar-refractivity contribution is 5.66. The van der Waals surface area contributed by atoms with Gasteiger partial charge in [-0.2, -0.15) is 0 Å². The van der Waals surface area contributed by atoms with E-state index in [0.29, 0.717) is 0 Å². The van der Waals surface area contributed by atoms with Crippen molar-refractivity contribution in [2.24, 2.45) is 5.41 Å². The van der Waals surface area contributed by atoms with Crippen molar-refractivity contribution in [1.29, 1.82) is 0 Å². The topological polar surface area (TPSA) is 46.5 Å². The predicted molar refractivity (Wildman–Crippen MR) is 60.9 cm³/mol. The molecule has 0 radical (unpaired) electrons. The minimum absolute atomic E-state index is 0.0520. The second kappa shape index (κ2) is 4.02. The summed E-state index contributed by atoms with van der Waals surface area (Å²) in [5.41, 5.74) is -0.835. The lowest BCUT2D eigenvalue weighted by atomic mass is 9.56. The summed E-state index contributed by atoms with van der Waals surface area (Å²) >= 11 is 0. The molecule has 0 unspecified atom stereocenters. The van der Waals surface area contributed by atoms with Crippen LogP contribution in [0.1, 0.15) is 58.8 Å². The van der Waals surface area contributed by atoms with E-state index in [1.165, 1.54) is 13.3 Å². The molecule has 16 heavy (non-hydrogen) atoms. The van der Waals surface area contributed by atoms with Crippen molar-refractivity contribution < 1.29 is 14.6 Å². The zero-order valence-corrected chi connectivity index (χ0v) is 10.3. The van der Waals surface area contributed by atoms with E-state index in [4.69, 9.17) is 4.74 Å². The van der Waals surface area contributed by atoms with Gasteiger partial charge in [-0.3, -0.25) is 4.79 Å². The van der Waals surface area contributed by atoms with Gasteiger partial charge in [-0.05, 0) is 37.5 Å². The molecule has 0 heterocycles. The van der Waals surface area contributed by atoms with Crippen molar-refractivity contribution in [3.8, 4) is 0 Å². The number of hydrogen-bond acceptors (Lipinski definition) is 3. The molecule has 0 aromatic carbocycles. The van der Waals surface area contributed by atoms with Gasteiger partial charge in [0, 0.05) is 6.92 Å². The second-order valence-corrected chi connectivity index (χ2v) is 5.68. The monoisotopic (exact) mass is 226 g/mol. The van der Waals surface area contributed by atoms with E-state index in [-0.39, 0.29) is 17.5 Å². The molecule has 1 N–H and O–H groups in total. The number of hydrogen-bond donors (Lipinski definition) is 1. The molecule has 3 heteroatoms. The molecule has 0 aromatic heterocycles. The minimum Gasteiger partial charge on any atom is -0.459 e. The van der Waals surface area contributed by atoms with Gasteiger partial charge in [-0.25, -0.2) is 0 Å². The van der Waals surface area contributed by atoms with E-state index in [1.54, 1.807) is 0 Å². The van der Waals surface area contributed by atoms with Gasteiger partial charge < -0.3 is 9.84 Å². The number of esters is 1. The van der Waals surface area contributed by atoms with E-state index < -0.39 is 5.60 Å². The van der Waals surface area contributed by atoms with Gasteiger partial charge in [0.15, 0.2) is 0 Å². The average Bonchev–Trinajstić information content (AvgIpc) is 2.20. The van der Waals surface area contributed by atoms with E-state index in [9.17, 15) is 9.90 Å². The summed E-state index contributed by atoms with van der Waals surface area (Å²) in [6, 6.07) is 0. The SMILES string of the molecule is CC(=O)O[C@H]1CCC[C@@]2(C)CCCC[C@]12O. The smallest absolute Gasteiger partial charge is 0.303 e. The van der Waals surface area contributed by atoms with Crippen molar-refractivity contribution in [3.05, 3.63) is 0 Å². The fourth-order valence-corrected chi connectivity index (χ4v) is 3.59. The maximum Gasteiger partial charge on any atom is 0.303 e. The maximum absolute atomic E-state index is 11.1. The zero-order chi connectivity index (χ0) is 11.8. The highest BCUT2D eigenvalue weighted by Gasteiger charge is 2.56. The summed E-state index contributed by atoms with van der Waals surface area (Å²) < 4.78 is 5.34. The Hall–Kier alpha value is -0.570. The third-order valence-corrected chi connectivity index (χ3v) is 4.62. The van der Waals surface area contributed by atoms with Gasteiger partial charge in [-0.15, -0.1) is 0 Å². The third kappa shape index (κ3) is 1.75. The molecule has 2 fully saturated rings. The molecule has 92 valence electrons. The van der Waals surface area contributed by atoms with Crippen LogP contribution in [-0.4, -0.2) is 22.8 Å². The van der Waals surface area contributed by atoms with Crippen molar-refractivity contribution in [2.75, 3.05) is 0 Å². The van der Waals surface area contributed by atoms with Crippen LogP contribution in [0.25, 0.3) is 0 Å². The van der Waals surface area contributed by atoms with E-state index >= 15 is 0 Å². The fourth-order valence-electron chi connectivity index (χ4n) is 3.59. The van der Waals surface area contributed by atoms with E-state index in [1.807, 2.05) is 0 Å². The molecule has 2 aliphatic carbocycles. The van der Waals surface area contributed by atoms with Gasteiger partial charge in [0.1, 0.15) is 11.7 Å². The van der Waals surface area contributed by atoms with Crippen LogP contribution in [0.5, 0.6) is 0 Å². The Morgan fingerprint density at radius 1 is 1.25 bits per heavy atom. The Morgan fingerprint density at radius 3 is 2.56 bits per heavy atom. The molecule has 0 spiro atoms. The summed E-state index contributed by atoms with van der Waals surface area (Å²) in [6.07, 6.45) is 6.70. The van der Waals surface area contributed by atoms with Crippen LogP contribution in [0.4, 0.5) is 0 Å². The number of rotatable bonds is 1. The first-order chi connectivity index (χ1) is 7.48. The molecule has 0 saturated heterocycles. The number of ether oxygens (including phenoxy) is 1. The van der Waals surface area contributed by atoms with Gasteiger partial charge in [-0.1, -0.05) is 19.8 Å². The number of carbonyl (C=O) groups is 1. The fraction of sp³-hybridized carbons (Fsp3) is 0.923. The standard InChI is InChI=1S/C13H22O3/c1-10(14)16-11-6-5-8-12(2)7-3-4-9-13(11,12)15/h11,15H,3-9H2,1-2H3/t11-,12+,13-/m0/s1. The van der Waals surface area contributed by atoms with Crippen LogP contribution in [0, 0.1) is 5.41 Å². The average molecular weight is 226 g/mol. The molecule has 0 aliphatic heterocycles. The minimum atomic E-state index is -0.783. The number of carbonyl (C=O) groups excluding carboxylic acids is 1. The predicted octanol–water partition coefficient (Wildman–Crippen LogP) is 2.41. The first-order valence-electron chi connectivity index (χ1n) is 6.38. The third-order valence-electron chi connectivity index (χ3n) is 4.62.